The third kappa shape index (κ3) is 2.33. The molecule has 1 atom stereocenters. The van der Waals surface area contributed by atoms with Crippen LogP contribution in [0.15, 0.2) is 24.3 Å². The van der Waals surface area contributed by atoms with Crippen molar-refractivity contribution >= 4 is 16.9 Å². The maximum atomic E-state index is 11.5. The fraction of sp³-hybridized carbons (Fsp3) is 0.471. The summed E-state index contributed by atoms with van der Waals surface area (Å²) in [6.07, 6.45) is 1.45. The Bertz CT molecular complexity index is 676. The van der Waals surface area contributed by atoms with E-state index in [1.54, 1.807) is 0 Å². The number of benzene rings is 1. The van der Waals surface area contributed by atoms with Crippen molar-refractivity contribution in [1.29, 1.82) is 0 Å². The van der Waals surface area contributed by atoms with Crippen molar-refractivity contribution in [3.63, 3.8) is 0 Å². The average molecular weight is 286 g/mol. The maximum absolute atomic E-state index is 11.5. The Morgan fingerprint density at radius 2 is 2.19 bits per heavy atom. The third-order valence-electron chi connectivity index (χ3n) is 4.97. The number of aryl methyl sites for hydroxylation is 1. The van der Waals surface area contributed by atoms with Crippen LogP contribution in [0.25, 0.3) is 10.9 Å². The zero-order valence-corrected chi connectivity index (χ0v) is 12.6. The summed E-state index contributed by atoms with van der Waals surface area (Å²) in [4.78, 5) is 17.2. The van der Waals surface area contributed by atoms with Gasteiger partial charge >= 0.3 is 5.97 Å². The highest BCUT2D eigenvalue weighted by Crippen LogP contribution is 2.35. The quantitative estimate of drug-likeness (QED) is 0.907. The molecule has 0 aliphatic carbocycles. The highest BCUT2D eigenvalue weighted by Gasteiger charge is 2.43. The summed E-state index contributed by atoms with van der Waals surface area (Å²) in [6, 6.07) is 8.30. The summed E-state index contributed by atoms with van der Waals surface area (Å²) in [5, 5.41) is 10.8. The van der Waals surface area contributed by atoms with E-state index in [9.17, 15) is 9.90 Å². The van der Waals surface area contributed by atoms with Crippen LogP contribution in [-0.2, 0) is 11.3 Å². The fourth-order valence-electron chi connectivity index (χ4n) is 3.47. The molecule has 21 heavy (non-hydrogen) atoms. The first-order valence-electron chi connectivity index (χ1n) is 7.58. The number of aromatic amines is 1. The Labute approximate surface area is 124 Å². The molecule has 0 amide bonds. The van der Waals surface area contributed by atoms with Crippen LogP contribution in [0.4, 0.5) is 0 Å². The molecule has 1 fully saturated rings. The molecule has 1 aromatic carbocycles. The number of nitrogens with one attached hydrogen (secondary N) is 1. The number of carbonyl (C=O) groups is 1. The Balaban J connectivity index is 1.84. The number of rotatable bonds is 4. The summed E-state index contributed by atoms with van der Waals surface area (Å²) in [6.45, 7) is 6.41. The summed E-state index contributed by atoms with van der Waals surface area (Å²) in [5.74, 6) is -0.650. The lowest BCUT2D eigenvalue weighted by molar-refractivity contribution is -0.148. The smallest absolute Gasteiger partial charge is 0.310 e. The van der Waals surface area contributed by atoms with Gasteiger partial charge in [0, 0.05) is 29.7 Å². The number of likely N-dealkylation sites (tertiary alicyclic amines) is 1. The monoisotopic (exact) mass is 286 g/mol. The number of fused-ring (bicyclic) bond motifs is 1. The predicted octanol–water partition coefficient (Wildman–Crippen LogP) is 3.16. The van der Waals surface area contributed by atoms with E-state index in [-0.39, 0.29) is 0 Å². The molecule has 0 spiro atoms. The first kappa shape index (κ1) is 14.1. The minimum absolute atomic E-state index is 0.556. The van der Waals surface area contributed by atoms with Crippen LogP contribution >= 0.6 is 0 Å². The molecule has 4 nitrogen and oxygen atoms in total. The molecule has 0 radical (unpaired) electrons. The number of carboxylic acids is 1. The van der Waals surface area contributed by atoms with Gasteiger partial charge in [-0.2, -0.15) is 0 Å². The van der Waals surface area contributed by atoms with E-state index >= 15 is 0 Å². The van der Waals surface area contributed by atoms with Gasteiger partial charge in [-0.05, 0) is 37.9 Å². The minimum atomic E-state index is -0.650. The fourth-order valence-corrected chi connectivity index (χ4v) is 3.47. The highest BCUT2D eigenvalue weighted by molar-refractivity contribution is 5.84. The number of para-hydroxylation sites is 1. The zero-order chi connectivity index (χ0) is 15.0. The predicted molar refractivity (Wildman–Crippen MR) is 83.3 cm³/mol. The van der Waals surface area contributed by atoms with Gasteiger partial charge in [-0.25, -0.2) is 0 Å². The van der Waals surface area contributed by atoms with Gasteiger partial charge in [0.05, 0.1) is 5.41 Å². The average Bonchev–Trinajstić information content (AvgIpc) is 3.02. The number of aliphatic carboxylic acids is 1. The van der Waals surface area contributed by atoms with E-state index in [2.05, 4.69) is 35.0 Å². The lowest BCUT2D eigenvalue weighted by Gasteiger charge is -2.23. The van der Waals surface area contributed by atoms with Crippen molar-refractivity contribution in [2.45, 2.75) is 33.2 Å². The van der Waals surface area contributed by atoms with E-state index < -0.39 is 11.4 Å². The molecule has 2 heterocycles. The molecule has 0 bridgehead atoms. The SMILES string of the molecule is CCC1(C(=O)O)CCN(Cc2c(C)[nH]c3ccccc23)C1. The second-order valence-corrected chi connectivity index (χ2v) is 6.17. The Morgan fingerprint density at radius 3 is 2.86 bits per heavy atom. The van der Waals surface area contributed by atoms with Gasteiger partial charge in [-0.1, -0.05) is 25.1 Å². The van der Waals surface area contributed by atoms with Crippen molar-refractivity contribution in [3.8, 4) is 0 Å². The minimum Gasteiger partial charge on any atom is -0.481 e. The molecule has 1 aromatic heterocycles. The lowest BCUT2D eigenvalue weighted by Crippen LogP contribution is -2.33. The van der Waals surface area contributed by atoms with Crippen LogP contribution in [-0.4, -0.2) is 34.0 Å². The van der Waals surface area contributed by atoms with Crippen molar-refractivity contribution in [2.75, 3.05) is 13.1 Å². The van der Waals surface area contributed by atoms with Gasteiger partial charge < -0.3 is 10.1 Å². The Morgan fingerprint density at radius 1 is 1.43 bits per heavy atom. The van der Waals surface area contributed by atoms with Crippen LogP contribution in [0.5, 0.6) is 0 Å². The van der Waals surface area contributed by atoms with Crippen molar-refractivity contribution in [2.24, 2.45) is 5.41 Å². The van der Waals surface area contributed by atoms with Crippen LogP contribution in [0.3, 0.4) is 0 Å². The molecule has 1 aliphatic heterocycles. The zero-order valence-electron chi connectivity index (χ0n) is 12.6. The topological polar surface area (TPSA) is 56.3 Å². The maximum Gasteiger partial charge on any atom is 0.310 e. The van der Waals surface area contributed by atoms with E-state index in [1.807, 2.05) is 13.0 Å². The van der Waals surface area contributed by atoms with Crippen LogP contribution in [0.1, 0.15) is 31.0 Å². The standard InChI is InChI=1S/C17H22N2O2/c1-3-17(16(20)21)8-9-19(11-17)10-14-12(2)18-15-7-5-4-6-13(14)15/h4-7,18H,3,8-11H2,1-2H3,(H,20,21). The Kier molecular flexibility index (Phi) is 3.49. The summed E-state index contributed by atoms with van der Waals surface area (Å²) >= 11 is 0. The second-order valence-electron chi connectivity index (χ2n) is 6.17. The number of aromatic nitrogens is 1. The van der Waals surface area contributed by atoms with Crippen LogP contribution < -0.4 is 0 Å². The third-order valence-corrected chi connectivity index (χ3v) is 4.97. The van der Waals surface area contributed by atoms with Gasteiger partial charge in [-0.3, -0.25) is 9.69 Å². The highest BCUT2D eigenvalue weighted by atomic mass is 16.4. The van der Waals surface area contributed by atoms with Crippen molar-refractivity contribution in [1.82, 2.24) is 9.88 Å². The molecule has 0 saturated carbocycles. The van der Waals surface area contributed by atoms with E-state index in [4.69, 9.17) is 0 Å². The molecule has 1 saturated heterocycles. The van der Waals surface area contributed by atoms with Gasteiger partial charge in [0.25, 0.3) is 0 Å². The number of nitrogens with zero attached hydrogens (tertiary/aromatic N) is 1. The van der Waals surface area contributed by atoms with Crippen molar-refractivity contribution in [3.05, 3.63) is 35.5 Å². The van der Waals surface area contributed by atoms with Crippen molar-refractivity contribution < 1.29 is 9.90 Å². The number of hydrogen-bond donors (Lipinski definition) is 2. The molecule has 2 N–H and O–H groups in total. The molecule has 1 unspecified atom stereocenters. The van der Waals surface area contributed by atoms with Gasteiger partial charge in [-0.15, -0.1) is 0 Å². The Hall–Kier alpha value is -1.81. The summed E-state index contributed by atoms with van der Waals surface area (Å²) in [7, 11) is 0. The molecular formula is C17H22N2O2. The van der Waals surface area contributed by atoms with Gasteiger partial charge in [0.15, 0.2) is 0 Å². The van der Waals surface area contributed by atoms with E-state index in [1.165, 1.54) is 16.6 Å². The largest absolute Gasteiger partial charge is 0.481 e. The molecule has 112 valence electrons. The van der Waals surface area contributed by atoms with Crippen LogP contribution in [0.2, 0.25) is 0 Å². The number of carboxylic acid groups (broad SMARTS) is 1. The summed E-state index contributed by atoms with van der Waals surface area (Å²) < 4.78 is 0. The van der Waals surface area contributed by atoms with Crippen LogP contribution in [0, 0.1) is 12.3 Å². The molecular weight excluding hydrogens is 264 g/mol. The van der Waals surface area contributed by atoms with Gasteiger partial charge in [0.2, 0.25) is 0 Å². The first-order valence-corrected chi connectivity index (χ1v) is 7.58. The number of H-pyrrole nitrogens is 1. The lowest BCUT2D eigenvalue weighted by atomic mass is 9.84. The molecule has 3 rings (SSSR count). The molecule has 4 heteroatoms. The number of hydrogen-bond acceptors (Lipinski definition) is 2. The summed E-state index contributed by atoms with van der Waals surface area (Å²) in [5.41, 5.74) is 3.08. The molecule has 1 aliphatic rings. The van der Waals surface area contributed by atoms with E-state index in [0.29, 0.717) is 13.0 Å². The van der Waals surface area contributed by atoms with E-state index in [0.717, 1.165) is 25.0 Å². The second kappa shape index (κ2) is 5.19. The normalized spacial score (nSPS) is 23.0. The first-order chi connectivity index (χ1) is 10.1. The van der Waals surface area contributed by atoms with Gasteiger partial charge in [0.1, 0.15) is 0 Å². The molecule has 2 aromatic rings.